The molecular formula is C15H23IN2O2. The van der Waals surface area contributed by atoms with Crippen LogP contribution in [-0.2, 0) is 16.8 Å². The second-order valence-electron chi connectivity index (χ2n) is 5.64. The van der Waals surface area contributed by atoms with Gasteiger partial charge < -0.3 is 9.72 Å². The van der Waals surface area contributed by atoms with Gasteiger partial charge in [-0.3, -0.25) is 4.79 Å². The molecule has 0 aromatic carbocycles. The van der Waals surface area contributed by atoms with Gasteiger partial charge in [-0.25, -0.2) is 4.98 Å². The Morgan fingerprint density at radius 2 is 2.05 bits per heavy atom. The van der Waals surface area contributed by atoms with Crippen LogP contribution in [0.25, 0.3) is 0 Å². The summed E-state index contributed by atoms with van der Waals surface area (Å²) in [4.78, 5) is 19.8. The number of aromatic nitrogens is 2. The largest absolute Gasteiger partial charge is 0.367 e. The molecule has 4 nitrogen and oxygen atoms in total. The highest BCUT2D eigenvalue weighted by atomic mass is 127. The second kappa shape index (κ2) is 6.56. The fourth-order valence-electron chi connectivity index (χ4n) is 2.91. The van der Waals surface area contributed by atoms with Crippen molar-refractivity contribution in [2.24, 2.45) is 5.92 Å². The molecule has 1 aromatic rings. The second-order valence-corrected chi connectivity index (χ2v) is 6.72. The van der Waals surface area contributed by atoms with Crippen LogP contribution in [0.4, 0.5) is 0 Å². The Morgan fingerprint density at radius 3 is 2.60 bits per heavy atom. The summed E-state index contributed by atoms with van der Waals surface area (Å²) in [5.41, 5.74) is 0.446. The van der Waals surface area contributed by atoms with Crippen LogP contribution in [0.5, 0.6) is 0 Å². The van der Waals surface area contributed by atoms with E-state index in [2.05, 4.69) is 34.5 Å². The van der Waals surface area contributed by atoms with Crippen molar-refractivity contribution in [3.05, 3.63) is 25.4 Å². The van der Waals surface area contributed by atoms with Crippen LogP contribution in [0.15, 0.2) is 4.79 Å². The molecular weight excluding hydrogens is 367 g/mol. The number of halogens is 1. The highest BCUT2D eigenvalue weighted by molar-refractivity contribution is 14.1. The molecule has 20 heavy (non-hydrogen) atoms. The lowest BCUT2D eigenvalue weighted by atomic mass is 9.78. The van der Waals surface area contributed by atoms with Crippen LogP contribution in [-0.4, -0.2) is 16.6 Å². The van der Waals surface area contributed by atoms with Crippen LogP contribution in [0.1, 0.15) is 58.0 Å². The molecule has 1 N–H and O–H groups in total. The lowest BCUT2D eigenvalue weighted by Crippen LogP contribution is -2.38. The Morgan fingerprint density at radius 1 is 1.40 bits per heavy atom. The van der Waals surface area contributed by atoms with Crippen LogP contribution in [0.3, 0.4) is 0 Å². The van der Waals surface area contributed by atoms with Crippen LogP contribution in [0, 0.1) is 9.49 Å². The SMILES string of the molecule is CCOC1(c2nc(CC)c(I)c(=O)[nH]2)CCC(C)CC1. The minimum Gasteiger partial charge on any atom is -0.367 e. The van der Waals surface area contributed by atoms with Crippen molar-refractivity contribution in [3.63, 3.8) is 0 Å². The maximum atomic E-state index is 12.1. The van der Waals surface area contributed by atoms with E-state index in [1.807, 2.05) is 13.8 Å². The summed E-state index contributed by atoms with van der Waals surface area (Å²) in [7, 11) is 0. The molecule has 0 unspecified atom stereocenters. The first kappa shape index (κ1) is 15.9. The number of hydrogen-bond acceptors (Lipinski definition) is 3. The maximum Gasteiger partial charge on any atom is 0.264 e. The van der Waals surface area contributed by atoms with Gasteiger partial charge >= 0.3 is 0 Å². The Hall–Kier alpha value is -0.430. The fourth-order valence-corrected chi connectivity index (χ4v) is 3.55. The molecule has 2 rings (SSSR count). The van der Waals surface area contributed by atoms with Gasteiger partial charge in [0.15, 0.2) is 0 Å². The normalized spacial score (nSPS) is 26.7. The zero-order valence-electron chi connectivity index (χ0n) is 12.5. The third-order valence-corrected chi connectivity index (χ3v) is 5.31. The highest BCUT2D eigenvalue weighted by Gasteiger charge is 2.39. The number of rotatable bonds is 4. The van der Waals surface area contributed by atoms with Gasteiger partial charge in [0.25, 0.3) is 5.56 Å². The van der Waals surface area contributed by atoms with E-state index in [0.717, 1.165) is 49.5 Å². The molecule has 0 radical (unpaired) electrons. The van der Waals surface area contributed by atoms with Crippen molar-refractivity contribution in [2.45, 2.75) is 58.5 Å². The summed E-state index contributed by atoms with van der Waals surface area (Å²) < 4.78 is 6.76. The lowest BCUT2D eigenvalue weighted by Gasteiger charge is -2.38. The number of hydrogen-bond donors (Lipinski definition) is 1. The van der Waals surface area contributed by atoms with Gasteiger partial charge in [-0.2, -0.15) is 0 Å². The Kier molecular flexibility index (Phi) is 5.23. The number of nitrogens with zero attached hydrogens (tertiary/aromatic N) is 1. The van der Waals surface area contributed by atoms with E-state index in [0.29, 0.717) is 10.2 Å². The molecule has 1 aliphatic rings. The number of aryl methyl sites for hydroxylation is 1. The Labute approximate surface area is 133 Å². The van der Waals surface area contributed by atoms with E-state index < -0.39 is 5.60 Å². The van der Waals surface area contributed by atoms with Crippen molar-refractivity contribution in [1.82, 2.24) is 9.97 Å². The van der Waals surface area contributed by atoms with E-state index in [1.54, 1.807) is 0 Å². The average molecular weight is 390 g/mol. The Balaban J connectivity index is 2.44. The highest BCUT2D eigenvalue weighted by Crippen LogP contribution is 2.40. The first-order valence-corrected chi connectivity index (χ1v) is 8.53. The third kappa shape index (κ3) is 3.08. The molecule has 0 aliphatic heterocycles. The standard InChI is InChI=1S/C15H23IN2O2/c1-4-11-12(16)13(19)18-14(17-11)15(20-5-2)8-6-10(3)7-9-15/h10H,4-9H2,1-3H3,(H,17,18,19). The van der Waals surface area contributed by atoms with Crippen molar-refractivity contribution < 1.29 is 4.74 Å². The number of ether oxygens (including phenoxy) is 1. The van der Waals surface area contributed by atoms with Gasteiger partial charge in [0.1, 0.15) is 11.4 Å². The third-order valence-electron chi connectivity index (χ3n) is 4.20. The van der Waals surface area contributed by atoms with Crippen molar-refractivity contribution >= 4 is 22.6 Å². The number of aromatic amines is 1. The molecule has 1 heterocycles. The van der Waals surface area contributed by atoms with Crippen molar-refractivity contribution in [1.29, 1.82) is 0 Å². The number of H-pyrrole nitrogens is 1. The molecule has 0 spiro atoms. The summed E-state index contributed by atoms with van der Waals surface area (Å²) in [5, 5.41) is 0. The maximum absolute atomic E-state index is 12.1. The molecule has 1 aromatic heterocycles. The molecule has 0 bridgehead atoms. The Bertz CT molecular complexity index is 519. The van der Waals surface area contributed by atoms with Gasteiger partial charge in [0.05, 0.1) is 9.26 Å². The predicted molar refractivity (Wildman–Crippen MR) is 87.9 cm³/mol. The van der Waals surface area contributed by atoms with E-state index >= 15 is 0 Å². The quantitative estimate of drug-likeness (QED) is 0.803. The van der Waals surface area contributed by atoms with Gasteiger partial charge in [-0.15, -0.1) is 0 Å². The van der Waals surface area contributed by atoms with Crippen LogP contribution < -0.4 is 5.56 Å². The molecule has 1 saturated carbocycles. The monoisotopic (exact) mass is 390 g/mol. The average Bonchev–Trinajstić information content (AvgIpc) is 2.44. The molecule has 1 aliphatic carbocycles. The van der Waals surface area contributed by atoms with Gasteiger partial charge in [-0.05, 0) is 67.5 Å². The van der Waals surface area contributed by atoms with E-state index in [1.165, 1.54) is 0 Å². The summed E-state index contributed by atoms with van der Waals surface area (Å²) in [6.45, 7) is 6.96. The summed E-state index contributed by atoms with van der Waals surface area (Å²) in [6.07, 6.45) is 4.89. The molecule has 0 atom stereocenters. The van der Waals surface area contributed by atoms with Gasteiger partial charge in [-0.1, -0.05) is 13.8 Å². The molecule has 5 heteroatoms. The predicted octanol–water partition coefficient (Wildman–Crippen LogP) is 3.38. The minimum absolute atomic E-state index is 0.0369. The summed E-state index contributed by atoms with van der Waals surface area (Å²) in [6, 6.07) is 0. The smallest absolute Gasteiger partial charge is 0.264 e. The lowest BCUT2D eigenvalue weighted by molar-refractivity contribution is -0.0840. The van der Waals surface area contributed by atoms with Crippen molar-refractivity contribution in [3.8, 4) is 0 Å². The minimum atomic E-state index is -0.394. The van der Waals surface area contributed by atoms with Crippen LogP contribution >= 0.6 is 22.6 Å². The van der Waals surface area contributed by atoms with E-state index in [-0.39, 0.29) is 5.56 Å². The van der Waals surface area contributed by atoms with Gasteiger partial charge in [0.2, 0.25) is 0 Å². The first-order chi connectivity index (χ1) is 9.52. The first-order valence-electron chi connectivity index (χ1n) is 7.45. The van der Waals surface area contributed by atoms with Crippen LogP contribution in [0.2, 0.25) is 0 Å². The topological polar surface area (TPSA) is 55.0 Å². The molecule has 1 fully saturated rings. The molecule has 112 valence electrons. The number of nitrogens with one attached hydrogen (secondary N) is 1. The molecule has 0 saturated heterocycles. The summed E-state index contributed by atoms with van der Waals surface area (Å²) in [5.74, 6) is 1.46. The van der Waals surface area contributed by atoms with E-state index in [4.69, 9.17) is 9.72 Å². The van der Waals surface area contributed by atoms with E-state index in [9.17, 15) is 4.79 Å². The van der Waals surface area contributed by atoms with Gasteiger partial charge in [0, 0.05) is 6.61 Å². The fraction of sp³-hybridized carbons (Fsp3) is 0.733. The molecule has 0 amide bonds. The zero-order valence-corrected chi connectivity index (χ0v) is 14.6. The summed E-state index contributed by atoms with van der Waals surface area (Å²) >= 11 is 2.07. The van der Waals surface area contributed by atoms with Crippen molar-refractivity contribution in [2.75, 3.05) is 6.61 Å². The zero-order chi connectivity index (χ0) is 14.8.